The summed E-state index contributed by atoms with van der Waals surface area (Å²) in [5, 5.41) is 11.0. The Morgan fingerprint density at radius 3 is 2.81 bits per heavy atom. The van der Waals surface area contributed by atoms with Crippen molar-refractivity contribution < 1.29 is 18.5 Å². The molecule has 0 fully saturated rings. The Hall–Kier alpha value is -3.07. The molecule has 0 unspecified atom stereocenters. The van der Waals surface area contributed by atoms with Crippen molar-refractivity contribution in [2.24, 2.45) is 0 Å². The van der Waals surface area contributed by atoms with Crippen LogP contribution in [0.3, 0.4) is 0 Å². The minimum atomic E-state index is -0.607. The fourth-order valence-electron chi connectivity index (χ4n) is 2.17. The lowest BCUT2D eigenvalue weighted by Crippen LogP contribution is -2.24. The van der Waals surface area contributed by atoms with Crippen molar-refractivity contribution in [1.29, 1.82) is 0 Å². The maximum atomic E-state index is 13.6. The fourth-order valence-corrected chi connectivity index (χ4v) is 2.88. The zero-order chi connectivity index (χ0) is 18.5. The molecule has 2 amide bonds. The number of carbonyl (C=O) groups is 2. The summed E-state index contributed by atoms with van der Waals surface area (Å²) >= 11 is 1.17. The second-order valence-corrected chi connectivity index (χ2v) is 6.32. The van der Waals surface area contributed by atoms with E-state index < -0.39 is 11.7 Å². The summed E-state index contributed by atoms with van der Waals surface area (Å²) in [6.45, 7) is 2.03. The van der Waals surface area contributed by atoms with Crippen molar-refractivity contribution in [3.05, 3.63) is 64.2 Å². The summed E-state index contributed by atoms with van der Waals surface area (Å²) in [6, 6.07) is 7.42. The second-order valence-electron chi connectivity index (χ2n) is 5.46. The summed E-state index contributed by atoms with van der Waals surface area (Å²) in [5.41, 5.74) is 1.07. The van der Waals surface area contributed by atoms with Crippen LogP contribution in [0.15, 0.2) is 40.2 Å². The van der Waals surface area contributed by atoms with E-state index in [1.165, 1.54) is 29.5 Å². The Labute approximate surface area is 152 Å². The highest BCUT2D eigenvalue weighted by Crippen LogP contribution is 2.18. The molecule has 0 aliphatic rings. The van der Waals surface area contributed by atoms with Crippen LogP contribution in [0, 0.1) is 12.7 Å². The van der Waals surface area contributed by atoms with E-state index in [-0.39, 0.29) is 24.4 Å². The number of anilines is 1. The molecule has 0 radical (unpaired) electrons. The lowest BCUT2D eigenvalue weighted by atomic mass is 10.2. The van der Waals surface area contributed by atoms with Crippen LogP contribution < -0.4 is 10.6 Å². The quantitative estimate of drug-likeness (QED) is 0.691. The van der Waals surface area contributed by atoms with E-state index in [1.807, 2.05) is 0 Å². The Morgan fingerprint density at radius 1 is 1.27 bits per heavy atom. The third-order valence-corrected chi connectivity index (χ3v) is 4.18. The van der Waals surface area contributed by atoms with E-state index in [1.54, 1.807) is 24.4 Å². The minimum Gasteiger partial charge on any atom is -0.361 e. The van der Waals surface area contributed by atoms with E-state index in [0.29, 0.717) is 22.3 Å². The summed E-state index contributed by atoms with van der Waals surface area (Å²) in [6.07, 6.45) is 0.0584. The standard InChI is InChI=1S/C17H15FN4O3S/c1-10-6-11(22-25-10)8-19-15(23)7-12-9-26-17(20-12)21-16(24)13-4-2-3-5-14(13)18/h2-6,9H,7-8H2,1H3,(H,19,23)(H,20,21,24). The summed E-state index contributed by atoms with van der Waals surface area (Å²) in [7, 11) is 0. The van der Waals surface area contributed by atoms with Gasteiger partial charge in [-0.2, -0.15) is 0 Å². The number of aromatic nitrogens is 2. The van der Waals surface area contributed by atoms with E-state index in [4.69, 9.17) is 4.52 Å². The number of hydrogen-bond acceptors (Lipinski definition) is 6. The van der Waals surface area contributed by atoms with Crippen LogP contribution in [-0.2, 0) is 17.8 Å². The highest BCUT2D eigenvalue weighted by molar-refractivity contribution is 7.14. The van der Waals surface area contributed by atoms with Crippen molar-refractivity contribution in [2.45, 2.75) is 19.9 Å². The maximum Gasteiger partial charge on any atom is 0.260 e. The number of benzene rings is 1. The number of thiazole rings is 1. The molecule has 0 aliphatic heterocycles. The lowest BCUT2D eigenvalue weighted by Gasteiger charge is -2.02. The fraction of sp³-hybridized carbons (Fsp3) is 0.176. The number of amides is 2. The van der Waals surface area contributed by atoms with Gasteiger partial charge in [-0.15, -0.1) is 11.3 Å². The summed E-state index contributed by atoms with van der Waals surface area (Å²) in [4.78, 5) is 28.2. The molecular weight excluding hydrogens is 359 g/mol. The molecule has 0 aliphatic carbocycles. The van der Waals surface area contributed by atoms with Crippen molar-refractivity contribution in [1.82, 2.24) is 15.5 Å². The molecule has 0 bridgehead atoms. The number of nitrogens with zero attached hydrogens (tertiary/aromatic N) is 2. The van der Waals surface area contributed by atoms with Gasteiger partial charge in [0.25, 0.3) is 5.91 Å². The van der Waals surface area contributed by atoms with Gasteiger partial charge in [-0.25, -0.2) is 9.37 Å². The van der Waals surface area contributed by atoms with E-state index >= 15 is 0 Å². The van der Waals surface area contributed by atoms with Crippen LogP contribution in [-0.4, -0.2) is 22.0 Å². The molecule has 0 spiro atoms. The first kappa shape index (κ1) is 17.7. The van der Waals surface area contributed by atoms with Crippen molar-refractivity contribution in [3.8, 4) is 0 Å². The Bertz CT molecular complexity index is 937. The summed E-state index contributed by atoms with van der Waals surface area (Å²) in [5.74, 6) is -0.758. The molecule has 1 aromatic carbocycles. The molecule has 0 saturated carbocycles. The third-order valence-electron chi connectivity index (χ3n) is 3.38. The predicted octanol–water partition coefficient (Wildman–Crippen LogP) is 2.69. The number of rotatable bonds is 6. The van der Waals surface area contributed by atoms with Crippen molar-refractivity contribution in [2.75, 3.05) is 5.32 Å². The molecule has 2 heterocycles. The van der Waals surface area contributed by atoms with Gasteiger partial charge in [-0.3, -0.25) is 14.9 Å². The molecule has 9 heteroatoms. The number of carbonyl (C=O) groups excluding carboxylic acids is 2. The van der Waals surface area contributed by atoms with Gasteiger partial charge in [0.05, 0.1) is 24.2 Å². The van der Waals surface area contributed by atoms with Crippen LogP contribution in [0.25, 0.3) is 0 Å². The van der Waals surface area contributed by atoms with Crippen LogP contribution in [0.4, 0.5) is 9.52 Å². The highest BCUT2D eigenvalue weighted by Gasteiger charge is 2.14. The number of hydrogen-bond donors (Lipinski definition) is 2. The van der Waals surface area contributed by atoms with Crippen LogP contribution in [0.2, 0.25) is 0 Å². The van der Waals surface area contributed by atoms with Gasteiger partial charge in [0.1, 0.15) is 17.3 Å². The first-order valence-corrected chi connectivity index (χ1v) is 8.58. The molecule has 0 saturated heterocycles. The highest BCUT2D eigenvalue weighted by atomic mass is 32.1. The average Bonchev–Trinajstić information content (AvgIpc) is 3.22. The largest absolute Gasteiger partial charge is 0.361 e. The number of nitrogens with one attached hydrogen (secondary N) is 2. The lowest BCUT2D eigenvalue weighted by molar-refractivity contribution is -0.120. The molecule has 2 N–H and O–H groups in total. The Kier molecular flexibility index (Phi) is 5.37. The van der Waals surface area contributed by atoms with Gasteiger partial charge in [-0.1, -0.05) is 17.3 Å². The Morgan fingerprint density at radius 2 is 2.08 bits per heavy atom. The van der Waals surface area contributed by atoms with Crippen LogP contribution >= 0.6 is 11.3 Å². The van der Waals surface area contributed by atoms with Crippen LogP contribution in [0.1, 0.15) is 27.5 Å². The first-order valence-electron chi connectivity index (χ1n) is 7.70. The van der Waals surface area contributed by atoms with Gasteiger partial charge in [0.2, 0.25) is 5.91 Å². The minimum absolute atomic E-state index is 0.0584. The topological polar surface area (TPSA) is 97.1 Å². The average molecular weight is 374 g/mol. The van der Waals surface area contributed by atoms with Crippen LogP contribution in [0.5, 0.6) is 0 Å². The van der Waals surface area contributed by atoms with Gasteiger partial charge in [0, 0.05) is 11.4 Å². The second kappa shape index (κ2) is 7.87. The molecule has 3 aromatic rings. The first-order chi connectivity index (χ1) is 12.5. The third kappa shape index (κ3) is 4.51. The SMILES string of the molecule is Cc1cc(CNC(=O)Cc2csc(NC(=O)c3ccccc3F)n2)no1. The van der Waals surface area contributed by atoms with E-state index in [0.717, 1.165) is 0 Å². The normalized spacial score (nSPS) is 10.5. The molecule has 3 rings (SSSR count). The van der Waals surface area contributed by atoms with Crippen molar-refractivity contribution >= 4 is 28.3 Å². The molecule has 26 heavy (non-hydrogen) atoms. The van der Waals surface area contributed by atoms with E-state index in [2.05, 4.69) is 20.8 Å². The molecular formula is C17H15FN4O3S. The molecule has 134 valence electrons. The predicted molar refractivity (Wildman–Crippen MR) is 93.3 cm³/mol. The van der Waals surface area contributed by atoms with Gasteiger partial charge in [0.15, 0.2) is 5.13 Å². The van der Waals surface area contributed by atoms with Gasteiger partial charge < -0.3 is 9.84 Å². The number of halogens is 1. The van der Waals surface area contributed by atoms with E-state index in [9.17, 15) is 14.0 Å². The monoisotopic (exact) mass is 374 g/mol. The zero-order valence-electron chi connectivity index (χ0n) is 13.8. The van der Waals surface area contributed by atoms with Gasteiger partial charge >= 0.3 is 0 Å². The van der Waals surface area contributed by atoms with Crippen molar-refractivity contribution in [3.63, 3.8) is 0 Å². The zero-order valence-corrected chi connectivity index (χ0v) is 14.6. The molecule has 0 atom stereocenters. The van der Waals surface area contributed by atoms with Gasteiger partial charge in [-0.05, 0) is 19.1 Å². The number of aryl methyl sites for hydroxylation is 1. The maximum absolute atomic E-state index is 13.6. The Balaban J connectivity index is 1.53. The molecule has 7 nitrogen and oxygen atoms in total. The summed E-state index contributed by atoms with van der Waals surface area (Å²) < 4.78 is 18.5. The molecule has 2 aromatic heterocycles. The smallest absolute Gasteiger partial charge is 0.260 e.